The van der Waals surface area contributed by atoms with Gasteiger partial charge in [0, 0.05) is 23.1 Å². The number of hydrogen-bond acceptors (Lipinski definition) is 5. The van der Waals surface area contributed by atoms with Gasteiger partial charge in [-0.05, 0) is 0 Å². The molecule has 3 rings (SSSR count). The van der Waals surface area contributed by atoms with Crippen molar-refractivity contribution in [2.75, 3.05) is 19.5 Å². The van der Waals surface area contributed by atoms with Gasteiger partial charge in [0.1, 0.15) is 11.5 Å². The molecule has 3 aromatic rings. The summed E-state index contributed by atoms with van der Waals surface area (Å²) in [7, 11) is 3.18. The van der Waals surface area contributed by atoms with E-state index in [0.29, 0.717) is 16.5 Å². The van der Waals surface area contributed by atoms with E-state index in [0.717, 1.165) is 22.1 Å². The summed E-state index contributed by atoms with van der Waals surface area (Å²) in [6, 6.07) is 13.6. The zero-order valence-electron chi connectivity index (χ0n) is 12.7. The molecule has 2 aromatic carbocycles. The smallest absolute Gasteiger partial charge is 0.187 e. The molecule has 0 spiro atoms. The van der Waals surface area contributed by atoms with E-state index in [9.17, 15) is 0 Å². The van der Waals surface area contributed by atoms with Crippen molar-refractivity contribution in [3.05, 3.63) is 52.9 Å². The Bertz CT molecular complexity index is 806. The molecule has 0 amide bonds. The van der Waals surface area contributed by atoms with Crippen LogP contribution in [0.2, 0.25) is 5.02 Å². The molecule has 0 aliphatic heterocycles. The number of benzene rings is 2. The normalized spacial score (nSPS) is 10.4. The average molecular weight is 347 g/mol. The Morgan fingerprint density at radius 3 is 2.48 bits per heavy atom. The van der Waals surface area contributed by atoms with Gasteiger partial charge in [0.05, 0.1) is 30.6 Å². The van der Waals surface area contributed by atoms with Crippen LogP contribution in [0, 0.1) is 0 Å². The quantitative estimate of drug-likeness (QED) is 0.687. The van der Waals surface area contributed by atoms with Gasteiger partial charge in [-0.3, -0.25) is 0 Å². The third-order valence-electron chi connectivity index (χ3n) is 3.29. The molecule has 6 heteroatoms. The Balaban J connectivity index is 1.89. The summed E-state index contributed by atoms with van der Waals surface area (Å²) < 4.78 is 10.6. The maximum Gasteiger partial charge on any atom is 0.187 e. The van der Waals surface area contributed by atoms with E-state index in [2.05, 4.69) is 10.3 Å². The fourth-order valence-corrected chi connectivity index (χ4v) is 3.11. The van der Waals surface area contributed by atoms with Gasteiger partial charge >= 0.3 is 0 Å². The lowest BCUT2D eigenvalue weighted by Crippen LogP contribution is -1.96. The predicted molar refractivity (Wildman–Crippen MR) is 95.4 cm³/mol. The zero-order valence-corrected chi connectivity index (χ0v) is 14.2. The van der Waals surface area contributed by atoms with Gasteiger partial charge in [0.15, 0.2) is 5.13 Å². The first-order chi connectivity index (χ1) is 11.2. The number of hydrogen-bond donors (Lipinski definition) is 1. The highest BCUT2D eigenvalue weighted by molar-refractivity contribution is 7.14. The average Bonchev–Trinajstić information content (AvgIpc) is 3.05. The van der Waals surface area contributed by atoms with Crippen LogP contribution in [-0.4, -0.2) is 19.2 Å². The van der Waals surface area contributed by atoms with E-state index < -0.39 is 0 Å². The molecule has 118 valence electrons. The molecule has 1 aromatic heterocycles. The van der Waals surface area contributed by atoms with Gasteiger partial charge in [-0.15, -0.1) is 11.3 Å². The molecule has 0 aliphatic carbocycles. The monoisotopic (exact) mass is 346 g/mol. The van der Waals surface area contributed by atoms with Crippen molar-refractivity contribution in [1.29, 1.82) is 0 Å². The molecule has 0 atom stereocenters. The van der Waals surface area contributed by atoms with Crippen molar-refractivity contribution in [3.63, 3.8) is 0 Å². The lowest BCUT2D eigenvalue weighted by atomic mass is 10.2. The summed E-state index contributed by atoms with van der Waals surface area (Å²) in [5.74, 6) is 1.21. The first kappa shape index (κ1) is 15.6. The van der Waals surface area contributed by atoms with Crippen LogP contribution >= 0.6 is 22.9 Å². The van der Waals surface area contributed by atoms with E-state index in [1.165, 1.54) is 11.3 Å². The fraction of sp³-hybridized carbons (Fsp3) is 0.118. The van der Waals surface area contributed by atoms with E-state index in [1.807, 2.05) is 35.7 Å². The third kappa shape index (κ3) is 3.41. The molecule has 0 aliphatic rings. The molecule has 0 fully saturated rings. The summed E-state index contributed by atoms with van der Waals surface area (Å²) in [5, 5.41) is 6.54. The van der Waals surface area contributed by atoms with E-state index in [4.69, 9.17) is 21.1 Å². The van der Waals surface area contributed by atoms with Gasteiger partial charge in [-0.2, -0.15) is 0 Å². The number of halogens is 1. The molecule has 4 nitrogen and oxygen atoms in total. The zero-order chi connectivity index (χ0) is 16.2. The van der Waals surface area contributed by atoms with Crippen molar-refractivity contribution in [3.8, 4) is 22.8 Å². The molecule has 1 heterocycles. The van der Waals surface area contributed by atoms with Crippen LogP contribution in [0.25, 0.3) is 11.3 Å². The number of aromatic nitrogens is 1. The van der Waals surface area contributed by atoms with Crippen molar-refractivity contribution < 1.29 is 9.47 Å². The molecule has 0 radical (unpaired) electrons. The minimum atomic E-state index is 0.499. The summed E-state index contributed by atoms with van der Waals surface area (Å²) in [6.45, 7) is 0. The molecule has 0 bridgehead atoms. The van der Waals surface area contributed by atoms with E-state index >= 15 is 0 Å². The number of rotatable bonds is 5. The third-order valence-corrected chi connectivity index (χ3v) is 4.34. The van der Waals surface area contributed by atoms with Crippen molar-refractivity contribution >= 4 is 33.8 Å². The lowest BCUT2D eigenvalue weighted by molar-refractivity contribution is 0.405. The Morgan fingerprint density at radius 1 is 1.04 bits per heavy atom. The van der Waals surface area contributed by atoms with Gasteiger partial charge in [-0.1, -0.05) is 41.9 Å². The first-order valence-corrected chi connectivity index (χ1v) is 8.16. The molecule has 0 saturated heterocycles. The summed E-state index contributed by atoms with van der Waals surface area (Å²) in [5.41, 5.74) is 2.76. The molecule has 23 heavy (non-hydrogen) atoms. The predicted octanol–water partition coefficient (Wildman–Crippen LogP) is 5.22. The maximum absolute atomic E-state index is 6.12. The minimum Gasteiger partial charge on any atom is -0.495 e. The van der Waals surface area contributed by atoms with Gasteiger partial charge in [0.2, 0.25) is 0 Å². The number of ether oxygens (including phenoxy) is 2. The molecular formula is C17H15ClN2O2S. The number of nitrogens with one attached hydrogen (secondary N) is 1. The summed E-state index contributed by atoms with van der Waals surface area (Å²) in [6.07, 6.45) is 0. The Hall–Kier alpha value is -2.24. The number of nitrogens with zero attached hydrogens (tertiary/aromatic N) is 1. The standard InChI is InChI=1S/C17H15ClN2O2S/c1-21-15-9-13(16(22-2)8-12(15)18)19-17-20-14(10-23-17)11-6-4-3-5-7-11/h3-10H,1-2H3,(H,19,20). The number of methoxy groups -OCH3 is 2. The van der Waals surface area contributed by atoms with Crippen LogP contribution in [-0.2, 0) is 0 Å². The molecular weight excluding hydrogens is 332 g/mol. The van der Waals surface area contributed by atoms with Crippen LogP contribution < -0.4 is 14.8 Å². The van der Waals surface area contributed by atoms with Gasteiger partial charge < -0.3 is 14.8 Å². The van der Waals surface area contributed by atoms with Gasteiger partial charge in [-0.25, -0.2) is 4.98 Å². The molecule has 1 N–H and O–H groups in total. The van der Waals surface area contributed by atoms with Crippen LogP contribution in [0.3, 0.4) is 0 Å². The fourth-order valence-electron chi connectivity index (χ4n) is 2.15. The molecule has 0 saturated carbocycles. The maximum atomic E-state index is 6.12. The Kier molecular flexibility index (Phi) is 4.69. The minimum absolute atomic E-state index is 0.499. The second-order valence-corrected chi connectivity index (χ2v) is 5.98. The largest absolute Gasteiger partial charge is 0.495 e. The number of anilines is 2. The van der Waals surface area contributed by atoms with Crippen LogP contribution in [0.5, 0.6) is 11.5 Å². The highest BCUT2D eigenvalue weighted by atomic mass is 35.5. The van der Waals surface area contributed by atoms with Crippen molar-refractivity contribution in [1.82, 2.24) is 4.98 Å². The number of thiazole rings is 1. The Labute approximate surface area is 143 Å². The summed E-state index contributed by atoms with van der Waals surface area (Å²) in [4.78, 5) is 4.61. The highest BCUT2D eigenvalue weighted by Crippen LogP contribution is 2.38. The lowest BCUT2D eigenvalue weighted by Gasteiger charge is -2.12. The Morgan fingerprint density at radius 2 is 1.78 bits per heavy atom. The highest BCUT2D eigenvalue weighted by Gasteiger charge is 2.12. The van der Waals surface area contributed by atoms with Crippen molar-refractivity contribution in [2.45, 2.75) is 0 Å². The second-order valence-electron chi connectivity index (χ2n) is 4.72. The van der Waals surface area contributed by atoms with Gasteiger partial charge in [0.25, 0.3) is 0 Å². The van der Waals surface area contributed by atoms with E-state index in [1.54, 1.807) is 26.4 Å². The van der Waals surface area contributed by atoms with Crippen LogP contribution in [0.1, 0.15) is 0 Å². The van der Waals surface area contributed by atoms with Crippen molar-refractivity contribution in [2.24, 2.45) is 0 Å². The first-order valence-electron chi connectivity index (χ1n) is 6.90. The SMILES string of the molecule is COc1cc(Nc2nc(-c3ccccc3)cs2)c(OC)cc1Cl. The topological polar surface area (TPSA) is 43.4 Å². The molecule has 0 unspecified atom stereocenters. The van der Waals surface area contributed by atoms with Crippen LogP contribution in [0.4, 0.5) is 10.8 Å². The summed E-state index contributed by atoms with van der Waals surface area (Å²) >= 11 is 7.65. The van der Waals surface area contributed by atoms with Crippen LogP contribution in [0.15, 0.2) is 47.8 Å². The van der Waals surface area contributed by atoms with E-state index in [-0.39, 0.29) is 0 Å². The second kappa shape index (κ2) is 6.89.